The van der Waals surface area contributed by atoms with Gasteiger partial charge in [-0.2, -0.15) is 154 Å². The van der Waals surface area contributed by atoms with Crippen molar-refractivity contribution in [3.05, 3.63) is 364 Å². The highest BCUT2D eigenvalue weighted by molar-refractivity contribution is 5.98. The number of nitriles is 6. The van der Waals surface area contributed by atoms with E-state index in [0.717, 1.165) is 32.9 Å². The molecule has 0 spiro atoms. The molecule has 6 aliphatic carbocycles. The van der Waals surface area contributed by atoms with E-state index < -0.39 is 431 Å². The second kappa shape index (κ2) is 38.0. The average molecular weight is 2110 g/mol. The van der Waals surface area contributed by atoms with Gasteiger partial charge in [0.25, 0.3) is 23.8 Å². The molecule has 0 fully saturated rings. The highest BCUT2D eigenvalue weighted by Crippen LogP contribution is 2.54. The lowest BCUT2D eigenvalue weighted by Gasteiger charge is -2.21. The van der Waals surface area contributed by atoms with Crippen LogP contribution < -0.4 is 31.3 Å². The van der Waals surface area contributed by atoms with E-state index in [0.29, 0.717) is 0 Å². The van der Waals surface area contributed by atoms with Gasteiger partial charge in [-0.05, 0) is 155 Å². The zero-order valence-electron chi connectivity index (χ0n) is 71.9. The van der Waals surface area contributed by atoms with Crippen LogP contribution in [0.2, 0.25) is 0 Å². The van der Waals surface area contributed by atoms with Gasteiger partial charge in [0.15, 0.2) is 116 Å². The number of benzene rings is 7. The minimum absolute atomic E-state index is 0.205. The monoisotopic (exact) mass is 2110 g/mol. The fourth-order valence-corrected chi connectivity index (χ4v) is 18.5. The number of hydrogen-bond donors (Lipinski definition) is 0. The Balaban J connectivity index is 0.000000187. The summed E-state index contributed by atoms with van der Waals surface area (Å²) in [6.45, 7) is 46.9. The molecule has 53 heteroatoms. The van der Waals surface area contributed by atoms with Gasteiger partial charge in [-0.1, -0.05) is 0 Å². The maximum atomic E-state index is 15.8. The molecule has 0 radical (unpaired) electrons. The van der Waals surface area contributed by atoms with Crippen molar-refractivity contribution in [3.8, 4) is 103 Å². The van der Waals surface area contributed by atoms with Crippen LogP contribution in [0.5, 0.6) is 0 Å². The van der Waals surface area contributed by atoms with Crippen molar-refractivity contribution in [2.75, 3.05) is 0 Å². The first-order valence-electron chi connectivity index (χ1n) is 39.4. The van der Waals surface area contributed by atoms with Gasteiger partial charge in [0.2, 0.25) is 0 Å². The number of rotatable bonds is 6. The van der Waals surface area contributed by atoms with Gasteiger partial charge < -0.3 is 0 Å². The fourth-order valence-electron chi connectivity index (χ4n) is 18.5. The molecule has 0 unspecified atom stereocenters. The number of aromatic nitrogens is 2. The SMILES string of the molecule is [C-]#[N+]C([N+]#[C-])=C1Cc2c(-c3c(F)c(F)c(C(F)(F)F)c(F)c3F)c3c(c(-c4c(F)c(F)c(C(F)(F)F)c(F)c4F)c2=C1C)CC(=C(C#N)C#N)C=3C(F)(F)F.[C-]#[N+]C([N+]#[C-])=C1Cc2c(-c3c(F)c(F)cc(F)c3F)c3c(c(-c4c(F)c(F)cc(F)c4F)c2=C1C)CC(=C(C#N)C#N)C=3C(F)(F)F.[C-]#[N+]C([N+]#[C-])=C1Cc2c(-c3c(F)c(F)nc(F)c3F)c3c(c(-c4c(F)c(F)nc(F)c4F)c2=C1C)CC(=C(C#N)C#N)C=3C(F)(F)F. The molecule has 0 N–H and O–H groups in total. The Morgan fingerprint density at radius 2 is 0.403 bits per heavy atom. The fraction of sp³-hybridized carbons (Fsp3) is 0.146. The number of allylic oxidation sites excluding steroid dienone is 9. The zero-order valence-corrected chi connectivity index (χ0v) is 71.9. The molecule has 0 aliphatic heterocycles. The molecule has 0 saturated carbocycles. The van der Waals surface area contributed by atoms with Crippen molar-refractivity contribution in [2.24, 2.45) is 0 Å². The van der Waals surface area contributed by atoms with Gasteiger partial charge in [0.1, 0.15) is 104 Å². The number of nitrogens with zero attached hydrogens (tertiary/aromatic N) is 14. The number of alkyl halides is 15. The summed E-state index contributed by atoms with van der Waals surface area (Å²) in [4.78, 5) is 22.4. The summed E-state index contributed by atoms with van der Waals surface area (Å²) in [5, 5.41) is 49.6. The van der Waals surface area contributed by atoms with Gasteiger partial charge in [-0.25, -0.2) is 87.8 Å². The van der Waals surface area contributed by atoms with E-state index >= 15 is 83.4 Å². The van der Waals surface area contributed by atoms with Crippen LogP contribution in [0.15, 0.2) is 79.8 Å². The predicted molar refractivity (Wildman–Crippen MR) is 428 cm³/mol. The van der Waals surface area contributed by atoms with Crippen molar-refractivity contribution >= 4 is 33.4 Å². The first-order valence-corrected chi connectivity index (χ1v) is 39.4. The lowest BCUT2D eigenvalue weighted by Crippen LogP contribution is -2.29. The second-order valence-electron chi connectivity index (χ2n) is 31.3. The van der Waals surface area contributed by atoms with Gasteiger partial charge in [-0.15, -0.1) is 0 Å². The first-order chi connectivity index (χ1) is 69.4. The normalized spacial score (nSPS) is 13.7. The Hall–Kier alpha value is -18.4. The molecule has 14 nitrogen and oxygen atoms in total. The highest BCUT2D eigenvalue weighted by Gasteiger charge is 2.54. The van der Waals surface area contributed by atoms with Gasteiger partial charge in [0.05, 0.1) is 66.8 Å². The molecule has 6 aliphatic rings. The molecule has 0 amide bonds. The van der Waals surface area contributed by atoms with Gasteiger partial charge >= 0.3 is 48.3 Å². The van der Waals surface area contributed by atoms with E-state index in [9.17, 15) is 119 Å². The molecule has 750 valence electrons. The summed E-state index contributed by atoms with van der Waals surface area (Å²) in [5.41, 5.74) is -49.5. The van der Waals surface area contributed by atoms with Crippen molar-refractivity contribution < 1.29 is 171 Å². The van der Waals surface area contributed by atoms with Gasteiger partial charge in [-0.3, -0.25) is 0 Å². The summed E-state index contributed by atoms with van der Waals surface area (Å²) < 4.78 is 580. The minimum atomic E-state index is -6.21. The van der Waals surface area contributed by atoms with Crippen LogP contribution in [-0.4, -0.2) is 28.5 Å². The smallest absolute Gasteiger partial charge is 0.204 e. The van der Waals surface area contributed by atoms with E-state index in [1.165, 1.54) is 24.3 Å². The minimum Gasteiger partial charge on any atom is -0.204 e. The summed E-state index contributed by atoms with van der Waals surface area (Å²) in [6.07, 6.45) is -37.1. The van der Waals surface area contributed by atoms with Crippen LogP contribution in [0, 0.1) is 248 Å². The summed E-state index contributed by atoms with van der Waals surface area (Å²) in [7, 11) is 0. The topological polar surface area (TPSA) is 195 Å². The standard InChI is InChI=1S/C34H7F17N4.C32H9F11N4.C30H7F11N6/c1-8-10(31(54-2)55-3)4-12-14(8)15(18-23(35)27(39)21(33(46,47)48)28(40)24(18)36)13-5-11(9(6-52)7-53)20(32(43,44)45)17(13)16(12)19-25(37)29(41)22(34(49,50)51)30(42)26(19)38;1-10-12(31(46-2)47-3)4-14-20(10)21(24-27(37)16(33)6-17(34)28(24)38)15-5-13(11(8-44)9-45)26(32(41,42)43)23(15)22(14)25-29(39)18(35)7-19(36)30(25)40;1-8-10(29(44-2)45-3)4-12-14(8)15(18-21(31)25(35)46-26(36)22(18)32)13-5-11(9(6-42)7-43)20(30(39,40)41)17(13)16(12)19-23(33)27(37)47-28(38)24(19)34/h4-5H2,1H3;6-7H,4-5H2,1H3;4-5H2,1H3. The first kappa shape index (κ1) is 108. The number of fused-ring (bicyclic) bond motifs is 6. The third-order valence-corrected chi connectivity index (χ3v) is 24.1. The van der Waals surface area contributed by atoms with Crippen LogP contribution in [0.1, 0.15) is 65.3 Å². The third kappa shape index (κ3) is 16.7. The van der Waals surface area contributed by atoms with E-state index in [1.807, 2.05) is 0 Å². The van der Waals surface area contributed by atoms with E-state index in [1.54, 1.807) is 0 Å². The van der Waals surface area contributed by atoms with Crippen LogP contribution >= 0.6 is 0 Å². The maximum absolute atomic E-state index is 15.8. The van der Waals surface area contributed by atoms with Crippen molar-refractivity contribution in [2.45, 2.75) is 90.2 Å². The second-order valence-corrected chi connectivity index (χ2v) is 31.3. The Kier molecular flexibility index (Phi) is 27.5. The largest absolute Gasteiger partial charge is 0.523 e. The molecule has 15 rings (SSSR count). The maximum Gasteiger partial charge on any atom is 0.523 e. The Morgan fingerprint density at radius 3 is 0.577 bits per heavy atom. The van der Waals surface area contributed by atoms with Crippen LogP contribution in [0.4, 0.5) is 171 Å². The van der Waals surface area contributed by atoms with Crippen LogP contribution in [-0.2, 0) is 50.9 Å². The van der Waals surface area contributed by atoms with E-state index in [2.05, 4.69) is 39.0 Å². The molecule has 7 aromatic carbocycles. The summed E-state index contributed by atoms with van der Waals surface area (Å²) in [5.74, 6) is -62.9. The summed E-state index contributed by atoms with van der Waals surface area (Å²) >= 11 is 0. The van der Waals surface area contributed by atoms with Crippen LogP contribution in [0.25, 0.3) is 129 Å². The van der Waals surface area contributed by atoms with Crippen molar-refractivity contribution in [1.29, 1.82) is 31.6 Å². The molecular weight excluding hydrogens is 2090 g/mol. The van der Waals surface area contributed by atoms with E-state index in [4.69, 9.17) is 39.4 Å². The Labute approximate surface area is 801 Å². The molecule has 2 heterocycles. The van der Waals surface area contributed by atoms with Crippen molar-refractivity contribution in [3.63, 3.8) is 0 Å². The molecule has 2 aromatic heterocycles. The quantitative estimate of drug-likeness (QED) is 0.0515. The number of pyridine rings is 2. The lowest BCUT2D eigenvalue weighted by molar-refractivity contribution is -0.144. The number of hydrogen-bond acceptors (Lipinski definition) is 8. The lowest BCUT2D eigenvalue weighted by atomic mass is 9.85. The average Bonchev–Trinajstić information content (AvgIpc) is 1.54. The molecule has 0 saturated heterocycles. The number of halogens is 39. The van der Waals surface area contributed by atoms with Crippen molar-refractivity contribution in [1.82, 2.24) is 9.97 Å². The van der Waals surface area contributed by atoms with E-state index in [-0.39, 0.29) is 34.4 Å². The van der Waals surface area contributed by atoms with Crippen LogP contribution in [0.3, 0.4) is 0 Å². The third-order valence-electron chi connectivity index (χ3n) is 24.1. The highest BCUT2D eigenvalue weighted by atomic mass is 19.4. The Morgan fingerprint density at radius 1 is 0.235 bits per heavy atom. The molecule has 9 aromatic rings. The Bertz CT molecular complexity index is 8490. The molecule has 149 heavy (non-hydrogen) atoms. The summed E-state index contributed by atoms with van der Waals surface area (Å²) in [6, 6.07) is 6.41. The molecule has 0 bridgehead atoms. The molecule has 0 atom stereocenters. The zero-order chi connectivity index (χ0) is 111. The molecular formula is C96H23F39N14. The predicted octanol–water partition coefficient (Wildman–Crippen LogP) is 23.4. The van der Waals surface area contributed by atoms with Gasteiger partial charge in [0, 0.05) is 48.1 Å².